The van der Waals surface area contributed by atoms with Crippen LogP contribution >= 0.6 is 11.8 Å². The van der Waals surface area contributed by atoms with E-state index in [0.717, 1.165) is 5.92 Å². The molecule has 1 aliphatic rings. The third kappa shape index (κ3) is 3.14. The zero-order chi connectivity index (χ0) is 9.84. The maximum absolute atomic E-state index is 6.11. The maximum atomic E-state index is 6.11. The molecule has 0 amide bonds. The number of hydrogen-bond acceptors (Lipinski definition) is 1. The summed E-state index contributed by atoms with van der Waals surface area (Å²) in [5, 5.41) is 0. The van der Waals surface area contributed by atoms with Crippen LogP contribution in [0.3, 0.4) is 0 Å². The van der Waals surface area contributed by atoms with Crippen LogP contribution in [0.5, 0.6) is 0 Å². The lowest BCUT2D eigenvalue weighted by atomic mass is 9.80. The molecule has 0 aromatic rings. The molecule has 1 nitrogen and oxygen atoms in total. The largest absolute Gasteiger partial charge is 0.220 e. The van der Waals surface area contributed by atoms with Gasteiger partial charge in [0.15, 0.2) is 0 Å². The average Bonchev–Trinajstić information content (AvgIpc) is 2.04. The highest BCUT2D eigenvalue weighted by Crippen LogP contribution is 2.32. The van der Waals surface area contributed by atoms with E-state index in [9.17, 15) is 0 Å². The minimum atomic E-state index is 0.571. The van der Waals surface area contributed by atoms with Gasteiger partial charge in [-0.25, -0.2) is 4.42 Å². The first kappa shape index (κ1) is 11.3. The van der Waals surface area contributed by atoms with Crippen LogP contribution in [0.15, 0.2) is 0 Å². The zero-order valence-corrected chi connectivity index (χ0v) is 9.85. The van der Waals surface area contributed by atoms with E-state index in [-0.39, 0.29) is 0 Å². The predicted octanol–water partition coefficient (Wildman–Crippen LogP) is 3.68. The van der Waals surface area contributed by atoms with E-state index in [2.05, 4.69) is 13.8 Å². The van der Waals surface area contributed by atoms with Gasteiger partial charge in [-0.2, -0.15) is 0 Å². The Bertz CT molecular complexity index is 131. The molecule has 0 radical (unpaired) electrons. The van der Waals surface area contributed by atoms with Crippen LogP contribution in [-0.2, 0) is 0 Å². The Morgan fingerprint density at radius 2 is 1.69 bits per heavy atom. The standard InChI is InChI=1S/C11H22ClN/c1-9(2)11(13(3)12)10-7-5-4-6-8-10/h9-11H,4-8H2,1-3H3. The molecule has 0 heterocycles. The van der Waals surface area contributed by atoms with Gasteiger partial charge in [-0.1, -0.05) is 33.1 Å². The van der Waals surface area contributed by atoms with Crippen LogP contribution in [0, 0.1) is 11.8 Å². The van der Waals surface area contributed by atoms with Crippen molar-refractivity contribution in [2.24, 2.45) is 11.8 Å². The lowest BCUT2D eigenvalue weighted by Gasteiger charge is -2.35. The molecule has 1 atom stereocenters. The molecule has 1 unspecified atom stereocenters. The highest BCUT2D eigenvalue weighted by atomic mass is 35.5. The average molecular weight is 204 g/mol. The summed E-state index contributed by atoms with van der Waals surface area (Å²) in [4.78, 5) is 0. The van der Waals surface area contributed by atoms with Crippen molar-refractivity contribution < 1.29 is 0 Å². The molecule has 78 valence electrons. The minimum Gasteiger partial charge on any atom is -0.220 e. The molecule has 2 heteroatoms. The van der Waals surface area contributed by atoms with Crippen LogP contribution in [0.4, 0.5) is 0 Å². The Balaban J connectivity index is 2.52. The Kier molecular flexibility index (Phi) is 4.54. The number of hydrogen-bond donors (Lipinski definition) is 0. The van der Waals surface area contributed by atoms with Crippen LogP contribution < -0.4 is 0 Å². The van der Waals surface area contributed by atoms with Crippen molar-refractivity contribution in [1.29, 1.82) is 0 Å². The molecule has 0 aromatic carbocycles. The molecule has 0 saturated heterocycles. The number of rotatable bonds is 3. The second kappa shape index (κ2) is 5.21. The quantitative estimate of drug-likeness (QED) is 0.633. The van der Waals surface area contributed by atoms with E-state index in [1.54, 1.807) is 0 Å². The van der Waals surface area contributed by atoms with Gasteiger partial charge < -0.3 is 0 Å². The first-order valence-electron chi connectivity index (χ1n) is 5.51. The van der Waals surface area contributed by atoms with Crippen molar-refractivity contribution in [3.05, 3.63) is 0 Å². The van der Waals surface area contributed by atoms with E-state index < -0.39 is 0 Å². The highest BCUT2D eigenvalue weighted by molar-refractivity contribution is 6.13. The van der Waals surface area contributed by atoms with Gasteiger partial charge in [0.25, 0.3) is 0 Å². The van der Waals surface area contributed by atoms with Gasteiger partial charge in [-0.3, -0.25) is 0 Å². The Morgan fingerprint density at radius 3 is 2.08 bits per heavy atom. The lowest BCUT2D eigenvalue weighted by Crippen LogP contribution is -2.37. The van der Waals surface area contributed by atoms with Crippen LogP contribution in [0.2, 0.25) is 0 Å². The third-order valence-electron chi connectivity index (χ3n) is 3.23. The van der Waals surface area contributed by atoms with Gasteiger partial charge in [0.2, 0.25) is 0 Å². The molecule has 0 spiro atoms. The van der Waals surface area contributed by atoms with Crippen LogP contribution in [-0.4, -0.2) is 17.5 Å². The fraction of sp³-hybridized carbons (Fsp3) is 1.00. The van der Waals surface area contributed by atoms with E-state index in [1.165, 1.54) is 32.1 Å². The molecule has 0 aromatic heterocycles. The van der Waals surface area contributed by atoms with Crippen LogP contribution in [0.1, 0.15) is 46.0 Å². The van der Waals surface area contributed by atoms with E-state index >= 15 is 0 Å². The van der Waals surface area contributed by atoms with Crippen molar-refractivity contribution in [1.82, 2.24) is 4.42 Å². The van der Waals surface area contributed by atoms with Gasteiger partial charge in [-0.05, 0) is 36.5 Å². The summed E-state index contributed by atoms with van der Waals surface area (Å²) in [6, 6.07) is 0.571. The zero-order valence-electron chi connectivity index (χ0n) is 9.09. The van der Waals surface area contributed by atoms with Crippen molar-refractivity contribution >= 4 is 11.8 Å². The van der Waals surface area contributed by atoms with Gasteiger partial charge >= 0.3 is 0 Å². The summed E-state index contributed by atoms with van der Waals surface area (Å²) >= 11 is 6.11. The van der Waals surface area contributed by atoms with Crippen molar-refractivity contribution in [2.75, 3.05) is 7.05 Å². The third-order valence-corrected chi connectivity index (χ3v) is 3.45. The first-order valence-corrected chi connectivity index (χ1v) is 5.85. The minimum absolute atomic E-state index is 0.571. The molecular weight excluding hydrogens is 182 g/mol. The summed E-state index contributed by atoms with van der Waals surface area (Å²) in [7, 11) is 2.00. The fourth-order valence-corrected chi connectivity index (χ4v) is 3.11. The monoisotopic (exact) mass is 203 g/mol. The molecule has 0 aliphatic heterocycles. The van der Waals surface area contributed by atoms with Gasteiger partial charge in [0.1, 0.15) is 0 Å². The van der Waals surface area contributed by atoms with Gasteiger partial charge in [0, 0.05) is 13.1 Å². The fourth-order valence-electron chi connectivity index (χ4n) is 2.72. The topological polar surface area (TPSA) is 3.24 Å². The Hall–Kier alpha value is 0.250. The SMILES string of the molecule is CC(C)C(C1CCCCC1)N(C)Cl. The summed E-state index contributed by atoms with van der Waals surface area (Å²) < 4.78 is 1.90. The van der Waals surface area contributed by atoms with Crippen LogP contribution in [0.25, 0.3) is 0 Å². The maximum Gasteiger partial charge on any atom is 0.0299 e. The first-order chi connectivity index (χ1) is 6.13. The van der Waals surface area contributed by atoms with Crippen molar-refractivity contribution in [3.63, 3.8) is 0 Å². The second-order valence-corrected chi connectivity index (χ2v) is 5.19. The molecule has 1 rings (SSSR count). The van der Waals surface area contributed by atoms with E-state index in [1.807, 2.05) is 11.5 Å². The smallest absolute Gasteiger partial charge is 0.0299 e. The summed E-state index contributed by atoms with van der Waals surface area (Å²) in [6.45, 7) is 4.55. The van der Waals surface area contributed by atoms with Gasteiger partial charge in [-0.15, -0.1) is 0 Å². The van der Waals surface area contributed by atoms with Crippen molar-refractivity contribution in [3.8, 4) is 0 Å². The van der Waals surface area contributed by atoms with Crippen molar-refractivity contribution in [2.45, 2.75) is 52.0 Å². The highest BCUT2D eigenvalue weighted by Gasteiger charge is 2.28. The van der Waals surface area contributed by atoms with Gasteiger partial charge in [0.05, 0.1) is 0 Å². The molecule has 0 N–H and O–H groups in total. The molecule has 1 fully saturated rings. The van der Waals surface area contributed by atoms with E-state index in [0.29, 0.717) is 12.0 Å². The summed E-state index contributed by atoms with van der Waals surface area (Å²) in [5.41, 5.74) is 0. The lowest BCUT2D eigenvalue weighted by molar-refractivity contribution is 0.171. The Labute approximate surface area is 87.6 Å². The summed E-state index contributed by atoms with van der Waals surface area (Å²) in [5.74, 6) is 1.50. The summed E-state index contributed by atoms with van der Waals surface area (Å²) in [6.07, 6.45) is 6.98. The molecule has 1 aliphatic carbocycles. The van der Waals surface area contributed by atoms with E-state index in [4.69, 9.17) is 11.8 Å². The Morgan fingerprint density at radius 1 is 1.15 bits per heavy atom. The molecular formula is C11H22ClN. The number of nitrogens with zero attached hydrogens (tertiary/aromatic N) is 1. The molecule has 0 bridgehead atoms. The normalized spacial score (nSPS) is 22.6. The molecule has 13 heavy (non-hydrogen) atoms. The molecule has 1 saturated carbocycles. The second-order valence-electron chi connectivity index (χ2n) is 4.66. The predicted molar refractivity (Wildman–Crippen MR) is 58.8 cm³/mol. The number of halogens is 1.